The molecule has 3 heteroatoms. The summed E-state index contributed by atoms with van der Waals surface area (Å²) in [6.45, 7) is 0. The predicted octanol–water partition coefficient (Wildman–Crippen LogP) is 4.91. The SMILES string of the molecule is CN(C)c1cccc(C[C@]23CC=C4[C@H]5CCC(=O)CC5=CC[C@H]4[C@@H]2CCC3=O)c1. The smallest absolute Gasteiger partial charge is 0.139 e. The first-order valence-corrected chi connectivity index (χ1v) is 11.2. The van der Waals surface area contributed by atoms with Crippen molar-refractivity contribution in [2.24, 2.45) is 23.2 Å². The molecule has 4 aliphatic rings. The number of nitrogens with zero attached hydrogens (tertiary/aromatic N) is 1. The lowest BCUT2D eigenvalue weighted by Gasteiger charge is -2.47. The lowest BCUT2D eigenvalue weighted by molar-refractivity contribution is -0.128. The van der Waals surface area contributed by atoms with Crippen molar-refractivity contribution in [3.63, 3.8) is 0 Å². The van der Waals surface area contributed by atoms with Crippen LogP contribution in [0.5, 0.6) is 0 Å². The summed E-state index contributed by atoms with van der Waals surface area (Å²) in [5, 5.41) is 0. The Morgan fingerprint density at radius 1 is 1.10 bits per heavy atom. The Morgan fingerprint density at radius 2 is 1.97 bits per heavy atom. The summed E-state index contributed by atoms with van der Waals surface area (Å²) in [4.78, 5) is 27.3. The first-order chi connectivity index (χ1) is 14.0. The van der Waals surface area contributed by atoms with E-state index in [-0.39, 0.29) is 5.41 Å². The van der Waals surface area contributed by atoms with Crippen LogP contribution in [0.3, 0.4) is 0 Å². The molecule has 4 atom stereocenters. The molecule has 0 aromatic heterocycles. The molecule has 5 rings (SSSR count). The average Bonchev–Trinajstić information content (AvgIpc) is 3.04. The molecule has 4 aliphatic carbocycles. The first kappa shape index (κ1) is 18.8. The zero-order valence-corrected chi connectivity index (χ0v) is 17.6. The molecule has 0 saturated heterocycles. The summed E-state index contributed by atoms with van der Waals surface area (Å²) >= 11 is 0. The number of carbonyl (C=O) groups is 2. The highest BCUT2D eigenvalue weighted by molar-refractivity contribution is 5.88. The molecular weight excluding hydrogens is 358 g/mol. The fourth-order valence-corrected chi connectivity index (χ4v) is 6.67. The first-order valence-electron chi connectivity index (χ1n) is 11.2. The van der Waals surface area contributed by atoms with E-state index in [1.165, 1.54) is 16.8 Å². The summed E-state index contributed by atoms with van der Waals surface area (Å²) in [5.41, 5.74) is 5.18. The van der Waals surface area contributed by atoms with E-state index >= 15 is 0 Å². The second-order valence-corrected chi connectivity index (χ2v) is 9.80. The Morgan fingerprint density at radius 3 is 2.79 bits per heavy atom. The molecule has 0 amide bonds. The summed E-state index contributed by atoms with van der Waals surface area (Å²) in [5.74, 6) is 2.29. The van der Waals surface area contributed by atoms with Gasteiger partial charge in [-0.25, -0.2) is 0 Å². The van der Waals surface area contributed by atoms with E-state index in [1.54, 1.807) is 5.57 Å². The molecular formula is C26H31NO2. The van der Waals surface area contributed by atoms with Gasteiger partial charge in [0.1, 0.15) is 11.6 Å². The monoisotopic (exact) mass is 389 g/mol. The third-order valence-corrected chi connectivity index (χ3v) is 8.11. The minimum absolute atomic E-state index is 0.227. The fourth-order valence-electron chi connectivity index (χ4n) is 6.67. The Bertz CT molecular complexity index is 924. The molecule has 2 saturated carbocycles. The lowest BCUT2D eigenvalue weighted by atomic mass is 9.56. The Kier molecular flexibility index (Phi) is 4.53. The van der Waals surface area contributed by atoms with Crippen molar-refractivity contribution in [3.8, 4) is 0 Å². The van der Waals surface area contributed by atoms with Crippen LogP contribution in [0.15, 0.2) is 47.6 Å². The molecule has 3 nitrogen and oxygen atoms in total. The molecule has 2 fully saturated rings. The van der Waals surface area contributed by atoms with Crippen molar-refractivity contribution in [1.29, 1.82) is 0 Å². The number of anilines is 1. The number of Topliss-reactive ketones (excluding diaryl/α,β-unsaturated/α-hetero) is 2. The van der Waals surface area contributed by atoms with Crippen molar-refractivity contribution in [2.45, 2.75) is 51.4 Å². The zero-order valence-electron chi connectivity index (χ0n) is 17.6. The van der Waals surface area contributed by atoms with E-state index in [4.69, 9.17) is 0 Å². The van der Waals surface area contributed by atoms with E-state index in [0.717, 1.165) is 44.9 Å². The summed E-state index contributed by atoms with van der Waals surface area (Å²) in [7, 11) is 4.13. The molecule has 0 radical (unpaired) electrons. The molecule has 29 heavy (non-hydrogen) atoms. The molecule has 0 bridgehead atoms. The maximum atomic E-state index is 13.3. The number of hydrogen-bond donors (Lipinski definition) is 0. The lowest BCUT2D eigenvalue weighted by Crippen LogP contribution is -2.43. The topological polar surface area (TPSA) is 37.4 Å². The molecule has 0 heterocycles. The second kappa shape index (κ2) is 6.97. The fraction of sp³-hybridized carbons (Fsp3) is 0.538. The maximum Gasteiger partial charge on any atom is 0.139 e. The van der Waals surface area contributed by atoms with Gasteiger partial charge in [0.2, 0.25) is 0 Å². The normalized spacial score (nSPS) is 33.4. The van der Waals surface area contributed by atoms with Gasteiger partial charge in [0.05, 0.1) is 0 Å². The number of carbonyl (C=O) groups excluding carboxylic acids is 2. The van der Waals surface area contributed by atoms with Crippen LogP contribution in [0, 0.1) is 23.2 Å². The van der Waals surface area contributed by atoms with Crippen molar-refractivity contribution >= 4 is 17.3 Å². The van der Waals surface area contributed by atoms with Crippen molar-refractivity contribution in [3.05, 3.63) is 53.1 Å². The van der Waals surface area contributed by atoms with Gasteiger partial charge in [0.15, 0.2) is 0 Å². The third-order valence-electron chi connectivity index (χ3n) is 8.11. The van der Waals surface area contributed by atoms with Gasteiger partial charge in [-0.05, 0) is 61.6 Å². The van der Waals surface area contributed by atoms with Gasteiger partial charge in [-0.3, -0.25) is 9.59 Å². The predicted molar refractivity (Wildman–Crippen MR) is 116 cm³/mol. The summed E-state index contributed by atoms with van der Waals surface area (Å²) < 4.78 is 0. The van der Waals surface area contributed by atoms with Crippen molar-refractivity contribution in [1.82, 2.24) is 0 Å². The maximum absolute atomic E-state index is 13.3. The number of allylic oxidation sites excluding steroid dienone is 4. The third kappa shape index (κ3) is 3.01. The van der Waals surface area contributed by atoms with Crippen LogP contribution < -0.4 is 4.90 Å². The molecule has 1 aromatic rings. The Hall–Kier alpha value is -2.16. The van der Waals surface area contributed by atoms with E-state index in [9.17, 15) is 9.59 Å². The van der Waals surface area contributed by atoms with Gasteiger partial charge in [0, 0.05) is 50.4 Å². The number of fused-ring (bicyclic) bond motifs is 5. The number of rotatable bonds is 3. The van der Waals surface area contributed by atoms with Gasteiger partial charge < -0.3 is 4.90 Å². The second-order valence-electron chi connectivity index (χ2n) is 9.80. The molecule has 0 unspecified atom stereocenters. The van der Waals surface area contributed by atoms with Crippen LogP contribution in [0.4, 0.5) is 5.69 Å². The van der Waals surface area contributed by atoms with Crippen LogP contribution in [-0.4, -0.2) is 25.7 Å². The molecule has 152 valence electrons. The highest BCUT2D eigenvalue weighted by atomic mass is 16.1. The average molecular weight is 390 g/mol. The van der Waals surface area contributed by atoms with Gasteiger partial charge in [0.25, 0.3) is 0 Å². The van der Waals surface area contributed by atoms with E-state index in [2.05, 4.69) is 55.4 Å². The van der Waals surface area contributed by atoms with Gasteiger partial charge in [-0.15, -0.1) is 0 Å². The summed E-state index contributed by atoms with van der Waals surface area (Å²) in [6, 6.07) is 8.69. The van der Waals surface area contributed by atoms with E-state index in [1.807, 2.05) is 0 Å². The van der Waals surface area contributed by atoms with Crippen molar-refractivity contribution < 1.29 is 9.59 Å². The van der Waals surface area contributed by atoms with Crippen molar-refractivity contribution in [2.75, 3.05) is 19.0 Å². The molecule has 1 aromatic carbocycles. The van der Waals surface area contributed by atoms with E-state index < -0.39 is 0 Å². The van der Waals surface area contributed by atoms with Gasteiger partial charge in [-0.2, -0.15) is 0 Å². The van der Waals surface area contributed by atoms with Crippen LogP contribution in [0.2, 0.25) is 0 Å². The van der Waals surface area contributed by atoms with Crippen LogP contribution in [0.25, 0.3) is 0 Å². The Labute approximate surface area is 173 Å². The highest BCUT2D eigenvalue weighted by Gasteiger charge is 2.55. The number of benzene rings is 1. The van der Waals surface area contributed by atoms with Gasteiger partial charge in [-0.1, -0.05) is 35.4 Å². The molecule has 0 aliphatic heterocycles. The largest absolute Gasteiger partial charge is 0.378 e. The number of hydrogen-bond acceptors (Lipinski definition) is 3. The quantitative estimate of drug-likeness (QED) is 0.690. The summed E-state index contributed by atoms with van der Waals surface area (Å²) in [6.07, 6.45) is 11.7. The molecule has 0 N–H and O–H groups in total. The zero-order chi connectivity index (χ0) is 20.2. The van der Waals surface area contributed by atoms with Crippen LogP contribution >= 0.6 is 0 Å². The standard InChI is InChI=1S/C26H31NO2/c1-27(2)19-5-3-4-17(14-19)16-26-13-12-22-21-9-7-20(28)15-18(21)6-8-23(22)24(26)10-11-25(26)29/h3-6,12,14,21,23-24H,7-11,13,15-16H2,1-2H3/t21-,23+,24-,26+/m0/s1. The van der Waals surface area contributed by atoms with E-state index in [0.29, 0.717) is 35.7 Å². The Balaban J connectivity index is 1.48. The minimum Gasteiger partial charge on any atom is -0.378 e. The van der Waals surface area contributed by atoms with Crippen LogP contribution in [0.1, 0.15) is 50.5 Å². The highest BCUT2D eigenvalue weighted by Crippen LogP contribution is 2.58. The number of ketones is 2. The van der Waals surface area contributed by atoms with Crippen LogP contribution in [-0.2, 0) is 16.0 Å². The molecule has 0 spiro atoms. The minimum atomic E-state index is -0.227. The van der Waals surface area contributed by atoms with Gasteiger partial charge >= 0.3 is 0 Å².